The van der Waals surface area contributed by atoms with Crippen LogP contribution in [0.2, 0.25) is 0 Å². The minimum Gasteiger partial charge on any atom is -0.443 e. The summed E-state index contributed by atoms with van der Waals surface area (Å²) in [6.45, 7) is 0. The van der Waals surface area contributed by atoms with Crippen molar-refractivity contribution in [1.82, 2.24) is 0 Å². The van der Waals surface area contributed by atoms with Gasteiger partial charge in [0, 0.05) is 17.1 Å². The second-order valence-corrected chi connectivity index (χ2v) is 9.47. The molecule has 8 heteroatoms. The Bertz CT molecular complexity index is 1270. The molecule has 1 unspecified atom stereocenters. The molecule has 6 nitrogen and oxygen atoms in total. The number of fused-ring (bicyclic) bond motifs is 1. The number of benzene rings is 3. The van der Waals surface area contributed by atoms with Crippen LogP contribution in [0.1, 0.15) is 5.56 Å². The number of anilines is 2. The van der Waals surface area contributed by atoms with Gasteiger partial charge in [0.05, 0.1) is 27.1 Å². The van der Waals surface area contributed by atoms with E-state index in [4.69, 9.17) is 10.2 Å². The van der Waals surface area contributed by atoms with Crippen LogP contribution in [0, 0.1) is 0 Å². The predicted molar refractivity (Wildman–Crippen MR) is 114 cm³/mol. The molecule has 0 saturated heterocycles. The molecule has 0 bridgehead atoms. The van der Waals surface area contributed by atoms with Crippen LogP contribution < -0.4 is 10.5 Å². The number of nitrogens with two attached hydrogens (primary N) is 1. The maximum absolute atomic E-state index is 12.9. The molecule has 0 radical (unpaired) electrons. The van der Waals surface area contributed by atoms with Crippen LogP contribution in [-0.2, 0) is 26.6 Å². The summed E-state index contributed by atoms with van der Waals surface area (Å²) in [7, 11) is -5.50. The molecule has 29 heavy (non-hydrogen) atoms. The summed E-state index contributed by atoms with van der Waals surface area (Å²) >= 11 is 0. The van der Waals surface area contributed by atoms with Crippen molar-refractivity contribution in [2.24, 2.45) is 0 Å². The largest absolute Gasteiger partial charge is 0.443 e. The molecule has 1 aromatic heterocycles. The molecule has 4 aromatic rings. The summed E-state index contributed by atoms with van der Waals surface area (Å²) in [6, 6.07) is 22.4. The molecule has 1 heterocycles. The van der Waals surface area contributed by atoms with Crippen LogP contribution in [0.15, 0.2) is 93.3 Å². The molecule has 1 atom stereocenters. The lowest BCUT2D eigenvalue weighted by molar-refractivity contribution is 0.484. The zero-order valence-electron chi connectivity index (χ0n) is 15.2. The molecule has 0 aliphatic rings. The minimum atomic E-state index is -4.03. The van der Waals surface area contributed by atoms with Crippen LogP contribution in [0.25, 0.3) is 11.0 Å². The first-order valence-corrected chi connectivity index (χ1v) is 11.6. The third-order valence-corrected chi connectivity index (χ3v) is 6.96. The quantitative estimate of drug-likeness (QED) is 0.452. The van der Waals surface area contributed by atoms with Gasteiger partial charge in [0.25, 0.3) is 10.0 Å². The van der Waals surface area contributed by atoms with Gasteiger partial charge in [-0.3, -0.25) is 8.93 Å². The van der Waals surface area contributed by atoms with Crippen molar-refractivity contribution in [1.29, 1.82) is 0 Å². The molecule has 0 amide bonds. The van der Waals surface area contributed by atoms with Gasteiger partial charge < -0.3 is 10.2 Å². The van der Waals surface area contributed by atoms with Crippen molar-refractivity contribution in [3.63, 3.8) is 0 Å². The summed E-state index contributed by atoms with van der Waals surface area (Å²) < 4.78 is 46.6. The Morgan fingerprint density at radius 2 is 1.66 bits per heavy atom. The highest BCUT2D eigenvalue weighted by Crippen LogP contribution is 2.29. The van der Waals surface area contributed by atoms with E-state index in [-0.39, 0.29) is 16.5 Å². The Balaban J connectivity index is 1.67. The first-order chi connectivity index (χ1) is 13.9. The summed E-state index contributed by atoms with van der Waals surface area (Å²) in [5.41, 5.74) is 7.71. The fraction of sp³-hybridized carbons (Fsp3) is 0.0476. The lowest BCUT2D eigenvalue weighted by atomic mass is 10.2. The van der Waals surface area contributed by atoms with Crippen molar-refractivity contribution in [3.8, 4) is 0 Å². The number of hydrogen-bond donors (Lipinski definition) is 2. The van der Waals surface area contributed by atoms with Gasteiger partial charge in [0.15, 0.2) is 0 Å². The third kappa shape index (κ3) is 4.18. The maximum atomic E-state index is 12.9. The molecular weight excluding hydrogens is 408 g/mol. The maximum Gasteiger partial charge on any atom is 0.295 e. The standard InChI is InChI=1S/C21H18N2O4S2/c22-17-10-11-20(28(24)14-15-6-2-1-3-7-15)18(13-17)23-29(25,26)21-12-16-8-4-5-9-19(16)27-21/h1-13,23H,14,22H2. The number of rotatable bonds is 6. The van der Waals surface area contributed by atoms with Crippen molar-refractivity contribution >= 4 is 43.2 Å². The Hall–Kier alpha value is -3.10. The van der Waals surface area contributed by atoms with Crippen molar-refractivity contribution < 1.29 is 17.0 Å². The Morgan fingerprint density at radius 1 is 0.931 bits per heavy atom. The van der Waals surface area contributed by atoms with Gasteiger partial charge in [0.1, 0.15) is 5.58 Å². The van der Waals surface area contributed by atoms with Crippen LogP contribution >= 0.6 is 0 Å². The van der Waals surface area contributed by atoms with Crippen LogP contribution in [-0.4, -0.2) is 12.6 Å². The molecule has 0 aliphatic carbocycles. The predicted octanol–water partition coefficient (Wildman–Crippen LogP) is 4.12. The molecule has 0 aliphatic heterocycles. The number of para-hydroxylation sites is 1. The zero-order valence-corrected chi connectivity index (χ0v) is 16.9. The highest BCUT2D eigenvalue weighted by Gasteiger charge is 2.22. The highest BCUT2D eigenvalue weighted by atomic mass is 32.2. The van der Waals surface area contributed by atoms with E-state index in [1.807, 2.05) is 30.3 Å². The Kier molecular flexibility index (Phi) is 5.12. The van der Waals surface area contributed by atoms with Crippen molar-refractivity contribution in [2.75, 3.05) is 10.5 Å². The van der Waals surface area contributed by atoms with Crippen molar-refractivity contribution in [2.45, 2.75) is 15.7 Å². The second kappa shape index (κ2) is 7.73. The lowest BCUT2D eigenvalue weighted by Gasteiger charge is -2.12. The van der Waals surface area contributed by atoms with Crippen LogP contribution in [0.5, 0.6) is 0 Å². The summed E-state index contributed by atoms with van der Waals surface area (Å²) in [4.78, 5) is 0.350. The van der Waals surface area contributed by atoms with E-state index in [2.05, 4.69) is 4.72 Å². The van der Waals surface area contributed by atoms with Gasteiger partial charge in [-0.15, -0.1) is 0 Å². The number of furan rings is 1. The summed E-state index contributed by atoms with van der Waals surface area (Å²) in [6.07, 6.45) is 0. The fourth-order valence-corrected chi connectivity index (χ4v) is 5.25. The Labute approximate surface area is 170 Å². The molecule has 148 valence electrons. The average molecular weight is 427 g/mol. The van der Waals surface area contributed by atoms with E-state index in [9.17, 15) is 12.6 Å². The van der Waals surface area contributed by atoms with Gasteiger partial charge in [-0.1, -0.05) is 48.5 Å². The monoisotopic (exact) mass is 426 g/mol. The molecule has 0 saturated carbocycles. The molecular formula is C21H18N2O4S2. The molecule has 3 aromatic carbocycles. The number of nitrogen functional groups attached to an aromatic ring is 1. The topological polar surface area (TPSA) is 102 Å². The number of hydrogen-bond acceptors (Lipinski definition) is 5. The number of nitrogens with one attached hydrogen (secondary N) is 1. The van der Waals surface area contributed by atoms with Gasteiger partial charge in [-0.05, 0) is 29.8 Å². The SMILES string of the molecule is Nc1ccc(S(=O)Cc2ccccc2)c(NS(=O)(=O)c2cc3ccccc3o2)c1. The van der Waals surface area contributed by atoms with Gasteiger partial charge in [-0.25, -0.2) is 0 Å². The second-order valence-electron chi connectivity index (χ2n) is 6.44. The summed E-state index contributed by atoms with van der Waals surface area (Å²) in [5.74, 6) is 0.254. The van der Waals surface area contributed by atoms with E-state index < -0.39 is 20.8 Å². The normalized spacial score (nSPS) is 12.7. The van der Waals surface area contributed by atoms with Crippen LogP contribution in [0.3, 0.4) is 0 Å². The molecule has 4 rings (SSSR count). The first-order valence-electron chi connectivity index (χ1n) is 8.75. The summed E-state index contributed by atoms with van der Waals surface area (Å²) in [5, 5.41) is 0.453. The van der Waals surface area contributed by atoms with Crippen LogP contribution in [0.4, 0.5) is 11.4 Å². The smallest absolute Gasteiger partial charge is 0.295 e. The minimum absolute atomic E-state index is 0.166. The van der Waals surface area contributed by atoms with Gasteiger partial charge in [-0.2, -0.15) is 8.42 Å². The Morgan fingerprint density at radius 3 is 2.41 bits per heavy atom. The van der Waals surface area contributed by atoms with E-state index >= 15 is 0 Å². The van der Waals surface area contributed by atoms with E-state index in [0.717, 1.165) is 5.56 Å². The molecule has 0 fully saturated rings. The first kappa shape index (κ1) is 19.2. The lowest BCUT2D eigenvalue weighted by Crippen LogP contribution is -2.14. The molecule has 3 N–H and O–H groups in total. The average Bonchev–Trinajstić information content (AvgIpc) is 3.14. The van der Waals surface area contributed by atoms with Crippen molar-refractivity contribution in [3.05, 3.63) is 84.4 Å². The van der Waals surface area contributed by atoms with E-state index in [1.165, 1.54) is 12.1 Å². The van der Waals surface area contributed by atoms with E-state index in [0.29, 0.717) is 21.6 Å². The van der Waals surface area contributed by atoms with Gasteiger partial charge >= 0.3 is 0 Å². The van der Waals surface area contributed by atoms with E-state index in [1.54, 1.807) is 36.4 Å². The fourth-order valence-electron chi connectivity index (χ4n) is 2.91. The molecule has 0 spiro atoms. The number of sulfonamides is 1. The van der Waals surface area contributed by atoms with Gasteiger partial charge in [0.2, 0.25) is 5.09 Å². The highest BCUT2D eigenvalue weighted by molar-refractivity contribution is 7.92. The third-order valence-electron chi connectivity index (χ3n) is 4.30. The zero-order chi connectivity index (χ0) is 20.4.